The van der Waals surface area contributed by atoms with E-state index in [4.69, 9.17) is 10.8 Å². The van der Waals surface area contributed by atoms with Crippen molar-refractivity contribution in [3.63, 3.8) is 0 Å². The van der Waals surface area contributed by atoms with Crippen molar-refractivity contribution in [2.24, 2.45) is 5.73 Å². The Kier molecular flexibility index (Phi) is 3.79. The van der Waals surface area contributed by atoms with Crippen LogP contribution in [0.1, 0.15) is 71.4 Å². The Morgan fingerprint density at radius 2 is 1.94 bits per heavy atom. The zero-order valence-electron chi connectivity index (χ0n) is 11.4. The van der Waals surface area contributed by atoms with Crippen molar-refractivity contribution in [1.29, 1.82) is 0 Å². The van der Waals surface area contributed by atoms with Crippen molar-refractivity contribution in [1.82, 2.24) is 9.78 Å². The second-order valence-corrected chi connectivity index (χ2v) is 5.69. The third-order valence-corrected chi connectivity index (χ3v) is 3.01. The van der Waals surface area contributed by atoms with Crippen molar-refractivity contribution >= 4 is 0 Å². The molecule has 0 spiro atoms. The summed E-state index contributed by atoms with van der Waals surface area (Å²) in [4.78, 5) is 0. The summed E-state index contributed by atoms with van der Waals surface area (Å²) in [6.07, 6.45) is 1.07. The zero-order chi connectivity index (χ0) is 12.5. The summed E-state index contributed by atoms with van der Waals surface area (Å²) in [5.74, 6) is 0. The van der Waals surface area contributed by atoms with E-state index in [0.29, 0.717) is 6.04 Å². The van der Waals surface area contributed by atoms with Gasteiger partial charge in [-0.2, -0.15) is 5.10 Å². The van der Waals surface area contributed by atoms with Crippen LogP contribution in [0, 0.1) is 0 Å². The molecule has 0 aliphatic carbocycles. The van der Waals surface area contributed by atoms with E-state index in [1.54, 1.807) is 0 Å². The summed E-state index contributed by atoms with van der Waals surface area (Å²) in [6.45, 7) is 12.9. The van der Waals surface area contributed by atoms with Gasteiger partial charge in [-0.1, -0.05) is 27.7 Å². The molecule has 0 fully saturated rings. The second kappa shape index (κ2) is 4.58. The Hall–Kier alpha value is -0.830. The maximum Gasteiger partial charge on any atom is 0.0681 e. The monoisotopic (exact) mass is 223 g/mol. The lowest BCUT2D eigenvalue weighted by Gasteiger charge is -2.16. The Morgan fingerprint density at radius 1 is 1.38 bits per heavy atom. The quantitative estimate of drug-likeness (QED) is 0.855. The molecule has 0 amide bonds. The Labute approximate surface area is 99.0 Å². The minimum absolute atomic E-state index is 0.0394. The van der Waals surface area contributed by atoms with Crippen LogP contribution in [0.2, 0.25) is 0 Å². The summed E-state index contributed by atoms with van der Waals surface area (Å²) in [6, 6.07) is 2.60. The summed E-state index contributed by atoms with van der Waals surface area (Å²) >= 11 is 0. The highest BCUT2D eigenvalue weighted by Gasteiger charge is 2.22. The van der Waals surface area contributed by atoms with Crippen LogP contribution < -0.4 is 5.73 Å². The van der Waals surface area contributed by atoms with Gasteiger partial charge in [0.2, 0.25) is 0 Å². The predicted molar refractivity (Wildman–Crippen MR) is 68.5 cm³/mol. The number of hydrogen-bond donors (Lipinski definition) is 1. The van der Waals surface area contributed by atoms with Crippen molar-refractivity contribution in [3.05, 3.63) is 17.5 Å². The molecule has 0 aliphatic heterocycles. The van der Waals surface area contributed by atoms with Gasteiger partial charge < -0.3 is 5.73 Å². The molecule has 0 radical (unpaired) electrons. The van der Waals surface area contributed by atoms with Crippen LogP contribution in [0.15, 0.2) is 6.07 Å². The molecule has 2 N–H and O–H groups in total. The van der Waals surface area contributed by atoms with Gasteiger partial charge >= 0.3 is 0 Å². The van der Waals surface area contributed by atoms with Crippen molar-refractivity contribution in [2.75, 3.05) is 0 Å². The number of aromatic nitrogens is 2. The molecule has 1 aromatic heterocycles. The van der Waals surface area contributed by atoms with Crippen LogP contribution in [0.3, 0.4) is 0 Å². The number of rotatable bonds is 3. The first kappa shape index (κ1) is 13.2. The van der Waals surface area contributed by atoms with Gasteiger partial charge in [0.25, 0.3) is 0 Å². The minimum atomic E-state index is 0.0394. The number of hydrogen-bond acceptors (Lipinski definition) is 2. The Bertz CT molecular complexity index is 345. The highest BCUT2D eigenvalue weighted by Crippen LogP contribution is 2.26. The smallest absolute Gasteiger partial charge is 0.0681 e. The summed E-state index contributed by atoms with van der Waals surface area (Å²) in [5, 5.41) is 4.71. The van der Waals surface area contributed by atoms with E-state index < -0.39 is 0 Å². The fraction of sp³-hybridized carbons (Fsp3) is 0.769. The van der Waals surface area contributed by atoms with Gasteiger partial charge in [0.1, 0.15) is 0 Å². The molecular weight excluding hydrogens is 198 g/mol. The molecule has 0 aromatic carbocycles. The van der Waals surface area contributed by atoms with Crippen LogP contribution in [-0.4, -0.2) is 9.78 Å². The third kappa shape index (κ3) is 2.64. The molecule has 0 bridgehead atoms. The first-order chi connectivity index (χ1) is 7.27. The van der Waals surface area contributed by atoms with E-state index in [1.165, 1.54) is 0 Å². The van der Waals surface area contributed by atoms with Crippen LogP contribution >= 0.6 is 0 Å². The number of nitrogens with zero attached hydrogens (tertiary/aromatic N) is 2. The molecule has 1 heterocycles. The van der Waals surface area contributed by atoms with Gasteiger partial charge in [-0.15, -0.1) is 0 Å². The Balaban J connectivity index is 3.20. The molecule has 1 unspecified atom stereocenters. The van der Waals surface area contributed by atoms with E-state index in [-0.39, 0.29) is 11.5 Å². The molecule has 3 nitrogen and oxygen atoms in total. The average molecular weight is 223 g/mol. The molecule has 1 rings (SSSR count). The topological polar surface area (TPSA) is 43.8 Å². The minimum Gasteiger partial charge on any atom is -0.323 e. The first-order valence-corrected chi connectivity index (χ1v) is 6.12. The normalized spacial score (nSPS) is 16.2. The van der Waals surface area contributed by atoms with Crippen LogP contribution in [0.4, 0.5) is 0 Å². The molecular formula is C13H25N3. The molecule has 0 saturated heterocycles. The molecule has 0 saturated carbocycles. The lowest BCUT2D eigenvalue weighted by Crippen LogP contribution is -2.17. The van der Waals surface area contributed by atoms with E-state index in [0.717, 1.165) is 17.8 Å². The van der Waals surface area contributed by atoms with E-state index in [2.05, 4.69) is 45.4 Å². The molecule has 3 heteroatoms. The van der Waals surface area contributed by atoms with Gasteiger partial charge in [-0.05, 0) is 26.3 Å². The largest absolute Gasteiger partial charge is 0.323 e. The summed E-state index contributed by atoms with van der Waals surface area (Å²) in [7, 11) is 0. The van der Waals surface area contributed by atoms with Crippen LogP contribution in [0.25, 0.3) is 0 Å². The lowest BCUT2D eigenvalue weighted by atomic mass is 9.92. The van der Waals surface area contributed by atoms with Gasteiger partial charge in [0, 0.05) is 17.5 Å². The highest BCUT2D eigenvalue weighted by atomic mass is 15.3. The second-order valence-electron chi connectivity index (χ2n) is 5.69. The van der Waals surface area contributed by atoms with Crippen molar-refractivity contribution in [3.8, 4) is 0 Å². The van der Waals surface area contributed by atoms with Gasteiger partial charge in [-0.3, -0.25) is 4.68 Å². The highest BCUT2D eigenvalue weighted by molar-refractivity contribution is 5.20. The predicted octanol–water partition coefficient (Wildman–Crippen LogP) is 3.17. The molecule has 2 atom stereocenters. The zero-order valence-corrected chi connectivity index (χ0v) is 11.4. The summed E-state index contributed by atoms with van der Waals surface area (Å²) in [5.41, 5.74) is 8.35. The average Bonchev–Trinajstić information content (AvgIpc) is 2.60. The maximum atomic E-state index is 6.00. The van der Waals surface area contributed by atoms with Crippen LogP contribution in [0.5, 0.6) is 0 Å². The van der Waals surface area contributed by atoms with Crippen molar-refractivity contribution in [2.45, 2.75) is 65.5 Å². The first-order valence-electron chi connectivity index (χ1n) is 6.12. The Morgan fingerprint density at radius 3 is 2.31 bits per heavy atom. The van der Waals surface area contributed by atoms with E-state index >= 15 is 0 Å². The van der Waals surface area contributed by atoms with Gasteiger partial charge in [0.15, 0.2) is 0 Å². The fourth-order valence-corrected chi connectivity index (χ4v) is 1.64. The number of nitrogens with two attached hydrogens (primary N) is 1. The van der Waals surface area contributed by atoms with Gasteiger partial charge in [0.05, 0.1) is 11.4 Å². The standard InChI is InChI=1S/C13H25N3/c1-7-9(2)16-11(10(3)14)8-12(15-16)13(4,5)6/h8-10H,7,14H2,1-6H3/t9?,10-/m1/s1. The third-order valence-electron chi connectivity index (χ3n) is 3.01. The molecule has 0 aliphatic rings. The lowest BCUT2D eigenvalue weighted by molar-refractivity contribution is 0.436. The molecule has 92 valence electrons. The van der Waals surface area contributed by atoms with E-state index in [1.807, 2.05) is 6.92 Å². The molecule has 1 aromatic rings. The van der Waals surface area contributed by atoms with Crippen LogP contribution in [-0.2, 0) is 5.41 Å². The summed E-state index contributed by atoms with van der Waals surface area (Å²) < 4.78 is 2.09. The SMILES string of the molecule is CCC(C)n1nc(C(C)(C)C)cc1[C@@H](C)N. The van der Waals surface area contributed by atoms with Crippen molar-refractivity contribution < 1.29 is 0 Å². The maximum absolute atomic E-state index is 6.00. The van der Waals surface area contributed by atoms with Gasteiger partial charge in [-0.25, -0.2) is 0 Å². The van der Waals surface area contributed by atoms with E-state index in [9.17, 15) is 0 Å². The fourth-order valence-electron chi connectivity index (χ4n) is 1.64. The molecule has 16 heavy (non-hydrogen) atoms.